The summed E-state index contributed by atoms with van der Waals surface area (Å²) >= 11 is 5.86. The minimum absolute atomic E-state index is 0.0632. The molecule has 3 aromatic rings. The minimum atomic E-state index is -4.46. The number of rotatable bonds is 5. The third kappa shape index (κ3) is 5.10. The van der Waals surface area contributed by atoms with Crippen LogP contribution in [0.15, 0.2) is 54.6 Å². The Balaban J connectivity index is 1.79. The largest absolute Gasteiger partial charge is 0.418 e. The van der Waals surface area contributed by atoms with Crippen LogP contribution in [0.25, 0.3) is 0 Å². The second-order valence-electron chi connectivity index (χ2n) is 5.83. The molecule has 0 atom stereocenters. The number of benzene rings is 2. The van der Waals surface area contributed by atoms with Gasteiger partial charge in [-0.15, -0.1) is 0 Å². The Labute approximate surface area is 159 Å². The van der Waals surface area contributed by atoms with Gasteiger partial charge in [0.15, 0.2) is 0 Å². The number of hydrogen-bond acceptors (Lipinski definition) is 4. The maximum Gasteiger partial charge on any atom is 0.418 e. The molecule has 140 valence electrons. The molecule has 0 saturated carbocycles. The molecule has 0 radical (unpaired) electrons. The fraction of sp³-hybridized carbons (Fsp3) is 0.158. The molecule has 0 fully saturated rings. The molecule has 0 aliphatic rings. The van der Waals surface area contributed by atoms with Crippen molar-refractivity contribution in [3.05, 3.63) is 76.6 Å². The first-order valence-corrected chi connectivity index (χ1v) is 8.46. The Kier molecular flexibility index (Phi) is 5.51. The molecule has 1 aromatic heterocycles. The van der Waals surface area contributed by atoms with Crippen molar-refractivity contribution in [2.24, 2.45) is 0 Å². The molecule has 2 N–H and O–H groups in total. The lowest BCUT2D eigenvalue weighted by Gasteiger charge is -2.15. The van der Waals surface area contributed by atoms with Crippen molar-refractivity contribution in [1.82, 2.24) is 9.97 Å². The average molecular weight is 393 g/mol. The second-order valence-corrected chi connectivity index (χ2v) is 6.27. The van der Waals surface area contributed by atoms with E-state index in [1.807, 2.05) is 12.1 Å². The number of nitrogens with one attached hydrogen (secondary N) is 2. The molecule has 1 heterocycles. The van der Waals surface area contributed by atoms with Crippen LogP contribution in [-0.4, -0.2) is 9.97 Å². The van der Waals surface area contributed by atoms with Gasteiger partial charge in [-0.1, -0.05) is 35.9 Å². The highest BCUT2D eigenvalue weighted by atomic mass is 35.5. The lowest BCUT2D eigenvalue weighted by molar-refractivity contribution is -0.136. The zero-order valence-electron chi connectivity index (χ0n) is 14.3. The van der Waals surface area contributed by atoms with Gasteiger partial charge in [-0.25, -0.2) is 9.97 Å². The molecule has 0 saturated heterocycles. The predicted octanol–water partition coefficient (Wildman–Crippen LogP) is 5.81. The summed E-state index contributed by atoms with van der Waals surface area (Å²) in [6.07, 6.45) is -4.46. The van der Waals surface area contributed by atoms with Crippen LogP contribution in [0.1, 0.15) is 17.0 Å². The molecule has 4 nitrogen and oxygen atoms in total. The van der Waals surface area contributed by atoms with Crippen molar-refractivity contribution in [2.45, 2.75) is 19.6 Å². The van der Waals surface area contributed by atoms with E-state index in [0.29, 0.717) is 23.2 Å². The molecule has 0 aliphatic heterocycles. The van der Waals surface area contributed by atoms with Crippen LogP contribution in [0, 0.1) is 6.92 Å². The molecule has 2 aromatic carbocycles. The molecule has 0 aliphatic carbocycles. The van der Waals surface area contributed by atoms with Crippen molar-refractivity contribution >= 4 is 28.9 Å². The Morgan fingerprint density at radius 3 is 2.33 bits per heavy atom. The quantitative estimate of drug-likeness (QED) is 0.575. The molecule has 0 bridgehead atoms. The van der Waals surface area contributed by atoms with Crippen LogP contribution in [0.3, 0.4) is 0 Å². The summed E-state index contributed by atoms with van der Waals surface area (Å²) < 4.78 is 39.5. The monoisotopic (exact) mass is 392 g/mol. The van der Waals surface area contributed by atoms with E-state index in [2.05, 4.69) is 20.6 Å². The fourth-order valence-electron chi connectivity index (χ4n) is 2.49. The van der Waals surface area contributed by atoms with E-state index in [1.54, 1.807) is 25.1 Å². The van der Waals surface area contributed by atoms with Gasteiger partial charge in [-0.2, -0.15) is 13.2 Å². The number of halogens is 4. The minimum Gasteiger partial charge on any atom is -0.366 e. The van der Waals surface area contributed by atoms with E-state index < -0.39 is 11.7 Å². The van der Waals surface area contributed by atoms with Gasteiger partial charge in [0.1, 0.15) is 17.5 Å². The van der Waals surface area contributed by atoms with E-state index in [1.165, 1.54) is 18.2 Å². The number of anilines is 3. The number of alkyl halides is 3. The van der Waals surface area contributed by atoms with Crippen LogP contribution in [0.4, 0.5) is 30.5 Å². The van der Waals surface area contributed by atoms with Gasteiger partial charge in [0.2, 0.25) is 0 Å². The number of nitrogens with zero attached hydrogens (tertiary/aromatic N) is 2. The molecule has 0 spiro atoms. The summed E-state index contributed by atoms with van der Waals surface area (Å²) in [5.74, 6) is 1.21. The average Bonchev–Trinajstić information content (AvgIpc) is 2.60. The normalized spacial score (nSPS) is 11.3. The topological polar surface area (TPSA) is 49.8 Å². The summed E-state index contributed by atoms with van der Waals surface area (Å²) in [4.78, 5) is 8.44. The van der Waals surface area contributed by atoms with E-state index in [0.717, 1.165) is 11.6 Å². The first-order valence-electron chi connectivity index (χ1n) is 8.08. The molecule has 0 amide bonds. The Morgan fingerprint density at radius 1 is 0.963 bits per heavy atom. The summed E-state index contributed by atoms with van der Waals surface area (Å²) in [5.41, 5.74) is 0.177. The summed E-state index contributed by atoms with van der Waals surface area (Å²) in [6, 6.07) is 14.1. The lowest BCUT2D eigenvalue weighted by Crippen LogP contribution is -2.10. The third-order valence-corrected chi connectivity index (χ3v) is 3.97. The van der Waals surface area contributed by atoms with Crippen LogP contribution >= 0.6 is 11.6 Å². The SMILES string of the molecule is Cc1nc(NCc2ccc(Cl)cc2)cc(Nc2ccccc2C(F)(F)F)n1. The predicted molar refractivity (Wildman–Crippen MR) is 100 cm³/mol. The molecule has 3 rings (SSSR count). The van der Waals surface area contributed by atoms with Crippen LogP contribution in [0.2, 0.25) is 5.02 Å². The highest BCUT2D eigenvalue weighted by Gasteiger charge is 2.33. The van der Waals surface area contributed by atoms with Gasteiger partial charge >= 0.3 is 6.18 Å². The van der Waals surface area contributed by atoms with Crippen LogP contribution < -0.4 is 10.6 Å². The first kappa shape index (κ1) is 19.0. The van der Waals surface area contributed by atoms with E-state index in [-0.39, 0.29) is 11.5 Å². The number of aryl methyl sites for hydroxylation is 1. The summed E-state index contributed by atoms with van der Waals surface area (Å²) in [5, 5.41) is 6.52. The molecule has 0 unspecified atom stereocenters. The lowest BCUT2D eigenvalue weighted by atomic mass is 10.1. The van der Waals surface area contributed by atoms with Gasteiger partial charge < -0.3 is 10.6 Å². The van der Waals surface area contributed by atoms with Crippen molar-refractivity contribution in [2.75, 3.05) is 10.6 Å². The highest BCUT2D eigenvalue weighted by molar-refractivity contribution is 6.30. The molecule has 27 heavy (non-hydrogen) atoms. The standard InChI is InChI=1S/C19H16ClF3N4/c1-12-25-17(24-11-13-6-8-14(20)9-7-13)10-18(26-12)27-16-5-3-2-4-15(16)19(21,22)23/h2-10H,11H2,1H3,(H2,24,25,26,27). The Morgan fingerprint density at radius 2 is 1.63 bits per heavy atom. The van der Waals surface area contributed by atoms with Crippen molar-refractivity contribution < 1.29 is 13.2 Å². The van der Waals surface area contributed by atoms with Crippen LogP contribution in [-0.2, 0) is 12.7 Å². The Hall–Kier alpha value is -2.80. The zero-order valence-corrected chi connectivity index (χ0v) is 15.1. The van der Waals surface area contributed by atoms with E-state index in [4.69, 9.17) is 11.6 Å². The van der Waals surface area contributed by atoms with Crippen LogP contribution in [0.5, 0.6) is 0 Å². The van der Waals surface area contributed by atoms with Gasteiger partial charge in [0.25, 0.3) is 0 Å². The number of aromatic nitrogens is 2. The Bertz CT molecular complexity index is 927. The van der Waals surface area contributed by atoms with Gasteiger partial charge in [0, 0.05) is 17.6 Å². The van der Waals surface area contributed by atoms with Gasteiger partial charge in [0.05, 0.1) is 11.3 Å². The maximum atomic E-state index is 13.2. The highest BCUT2D eigenvalue weighted by Crippen LogP contribution is 2.35. The first-order chi connectivity index (χ1) is 12.8. The second kappa shape index (κ2) is 7.84. The van der Waals surface area contributed by atoms with E-state index >= 15 is 0 Å². The smallest absolute Gasteiger partial charge is 0.366 e. The zero-order chi connectivity index (χ0) is 19.4. The van der Waals surface area contributed by atoms with Crippen molar-refractivity contribution in [3.8, 4) is 0 Å². The molecule has 8 heteroatoms. The molecular formula is C19H16ClF3N4. The van der Waals surface area contributed by atoms with Crippen molar-refractivity contribution in [3.63, 3.8) is 0 Å². The summed E-state index contributed by atoms with van der Waals surface area (Å²) in [6.45, 7) is 2.17. The van der Waals surface area contributed by atoms with Crippen molar-refractivity contribution in [1.29, 1.82) is 0 Å². The third-order valence-electron chi connectivity index (χ3n) is 3.72. The van der Waals surface area contributed by atoms with Gasteiger partial charge in [-0.3, -0.25) is 0 Å². The number of para-hydroxylation sites is 1. The molecular weight excluding hydrogens is 377 g/mol. The number of hydrogen-bond donors (Lipinski definition) is 2. The fourth-order valence-corrected chi connectivity index (χ4v) is 2.62. The van der Waals surface area contributed by atoms with Gasteiger partial charge in [-0.05, 0) is 36.8 Å². The van der Waals surface area contributed by atoms with E-state index in [9.17, 15) is 13.2 Å². The summed E-state index contributed by atoms with van der Waals surface area (Å²) in [7, 11) is 0. The maximum absolute atomic E-state index is 13.2.